The molecule has 0 aliphatic carbocycles. The highest BCUT2D eigenvalue weighted by Gasteiger charge is 2.27. The fraction of sp³-hybridized carbons (Fsp3) is 0.462. The van der Waals surface area contributed by atoms with Crippen LogP contribution in [0.3, 0.4) is 0 Å². The third-order valence-corrected chi connectivity index (χ3v) is 4.32. The number of nitrogens with one attached hydrogen (secondary N) is 1. The summed E-state index contributed by atoms with van der Waals surface area (Å²) in [7, 11) is 0. The first kappa shape index (κ1) is 15.6. The highest BCUT2D eigenvalue weighted by molar-refractivity contribution is 9.09. The number of carbonyl (C=O) groups is 1. The Morgan fingerprint density at radius 1 is 1.53 bits per heavy atom. The third-order valence-electron chi connectivity index (χ3n) is 3.08. The van der Waals surface area contributed by atoms with Gasteiger partial charge in [0.15, 0.2) is 0 Å². The zero-order chi connectivity index (χ0) is 14.6. The molecular formula is C13H17BrN2O3. The van der Waals surface area contributed by atoms with Crippen LogP contribution in [0, 0.1) is 17.0 Å². The monoisotopic (exact) mass is 328 g/mol. The van der Waals surface area contributed by atoms with E-state index in [1.165, 1.54) is 12.1 Å². The van der Waals surface area contributed by atoms with Crippen molar-refractivity contribution in [2.45, 2.75) is 32.7 Å². The van der Waals surface area contributed by atoms with Gasteiger partial charge in [-0.2, -0.15) is 0 Å². The van der Waals surface area contributed by atoms with Crippen LogP contribution in [0.4, 0.5) is 5.69 Å². The molecule has 0 saturated heterocycles. The van der Waals surface area contributed by atoms with Gasteiger partial charge in [-0.1, -0.05) is 28.9 Å². The molecule has 5 nitrogen and oxygen atoms in total. The highest BCUT2D eigenvalue weighted by atomic mass is 79.9. The van der Waals surface area contributed by atoms with E-state index in [1.807, 2.05) is 13.8 Å². The second-order valence-corrected chi connectivity index (χ2v) is 5.34. The van der Waals surface area contributed by atoms with Gasteiger partial charge in [0.05, 0.1) is 4.92 Å². The SMILES string of the molecule is CCC(C)(CBr)NC(=O)c1cc(C)ccc1[N+](=O)[O-]. The lowest BCUT2D eigenvalue weighted by Gasteiger charge is -2.27. The zero-order valence-corrected chi connectivity index (χ0v) is 12.8. The maximum Gasteiger partial charge on any atom is 0.282 e. The molecule has 1 aromatic rings. The Morgan fingerprint density at radius 2 is 2.16 bits per heavy atom. The van der Waals surface area contributed by atoms with Crippen molar-refractivity contribution in [3.63, 3.8) is 0 Å². The molecule has 1 aromatic carbocycles. The van der Waals surface area contributed by atoms with Crippen LogP contribution in [-0.2, 0) is 0 Å². The van der Waals surface area contributed by atoms with Crippen LogP contribution in [0.2, 0.25) is 0 Å². The van der Waals surface area contributed by atoms with Crippen LogP contribution < -0.4 is 5.32 Å². The van der Waals surface area contributed by atoms with Crippen LogP contribution in [0.5, 0.6) is 0 Å². The topological polar surface area (TPSA) is 72.2 Å². The van der Waals surface area contributed by atoms with Crippen molar-refractivity contribution >= 4 is 27.5 Å². The fourth-order valence-electron chi connectivity index (χ4n) is 1.55. The summed E-state index contributed by atoms with van der Waals surface area (Å²) in [5.41, 5.74) is 0.323. The van der Waals surface area contributed by atoms with E-state index in [0.717, 1.165) is 12.0 Å². The summed E-state index contributed by atoms with van der Waals surface area (Å²) >= 11 is 3.35. The molecule has 104 valence electrons. The number of rotatable bonds is 5. The Bertz CT molecular complexity index is 499. The molecule has 0 saturated carbocycles. The Kier molecular flexibility index (Phi) is 5.05. The molecule has 19 heavy (non-hydrogen) atoms. The minimum absolute atomic E-state index is 0.102. The molecule has 0 heterocycles. The van der Waals surface area contributed by atoms with Crippen molar-refractivity contribution in [1.82, 2.24) is 5.32 Å². The third kappa shape index (κ3) is 3.76. The molecule has 0 aliphatic rings. The van der Waals surface area contributed by atoms with Crippen molar-refractivity contribution in [3.05, 3.63) is 39.4 Å². The summed E-state index contributed by atoms with van der Waals surface area (Å²) in [5, 5.41) is 14.4. The number of amides is 1. The average Bonchev–Trinajstić information content (AvgIpc) is 2.38. The van der Waals surface area contributed by atoms with Crippen molar-refractivity contribution in [2.24, 2.45) is 0 Å². The molecule has 0 aromatic heterocycles. The standard InChI is InChI=1S/C13H17BrN2O3/c1-4-13(3,8-14)15-12(17)10-7-9(2)5-6-11(10)16(18)19/h5-7H,4,8H2,1-3H3,(H,15,17). The predicted octanol–water partition coefficient (Wildman–Crippen LogP) is 3.20. The first-order chi connectivity index (χ1) is 8.83. The summed E-state index contributed by atoms with van der Waals surface area (Å²) in [6.07, 6.45) is 0.726. The van der Waals surface area contributed by atoms with E-state index in [2.05, 4.69) is 21.2 Å². The zero-order valence-electron chi connectivity index (χ0n) is 11.2. The van der Waals surface area contributed by atoms with Gasteiger partial charge in [0.1, 0.15) is 5.56 Å². The smallest absolute Gasteiger partial charge is 0.282 e. The lowest BCUT2D eigenvalue weighted by atomic mass is 10.0. The minimum atomic E-state index is -0.536. The van der Waals surface area contributed by atoms with Crippen molar-refractivity contribution in [3.8, 4) is 0 Å². The van der Waals surface area contributed by atoms with Gasteiger partial charge in [-0.15, -0.1) is 0 Å². The number of hydrogen-bond acceptors (Lipinski definition) is 3. The second kappa shape index (κ2) is 6.14. The van der Waals surface area contributed by atoms with E-state index in [9.17, 15) is 14.9 Å². The van der Waals surface area contributed by atoms with Crippen molar-refractivity contribution in [2.75, 3.05) is 5.33 Å². The second-order valence-electron chi connectivity index (χ2n) is 4.78. The van der Waals surface area contributed by atoms with E-state index in [4.69, 9.17) is 0 Å². The minimum Gasteiger partial charge on any atom is -0.346 e. The average molecular weight is 329 g/mol. The van der Waals surface area contributed by atoms with E-state index < -0.39 is 16.4 Å². The number of nitro groups is 1. The van der Waals surface area contributed by atoms with E-state index in [0.29, 0.717) is 5.33 Å². The van der Waals surface area contributed by atoms with Crippen molar-refractivity contribution in [1.29, 1.82) is 0 Å². The molecule has 0 bridgehead atoms. The van der Waals surface area contributed by atoms with Gasteiger partial charge in [-0.05, 0) is 31.9 Å². The van der Waals surface area contributed by atoms with Gasteiger partial charge in [0.25, 0.3) is 11.6 Å². The van der Waals surface area contributed by atoms with Gasteiger partial charge in [-0.25, -0.2) is 0 Å². The van der Waals surface area contributed by atoms with E-state index in [-0.39, 0.29) is 11.3 Å². The van der Waals surface area contributed by atoms with Gasteiger partial charge in [0.2, 0.25) is 0 Å². The molecule has 0 spiro atoms. The molecule has 1 N–H and O–H groups in total. The molecule has 1 unspecified atom stereocenters. The number of halogens is 1. The summed E-state index contributed by atoms with van der Waals surface area (Å²) in [5.74, 6) is -0.417. The number of carbonyl (C=O) groups excluding carboxylic acids is 1. The Morgan fingerprint density at radius 3 is 2.63 bits per heavy atom. The van der Waals surface area contributed by atoms with Crippen LogP contribution in [0.15, 0.2) is 18.2 Å². The first-order valence-electron chi connectivity index (χ1n) is 5.96. The number of aryl methyl sites for hydroxylation is 1. The lowest BCUT2D eigenvalue weighted by molar-refractivity contribution is -0.385. The van der Waals surface area contributed by atoms with Gasteiger partial charge in [-0.3, -0.25) is 14.9 Å². The van der Waals surface area contributed by atoms with E-state index >= 15 is 0 Å². The summed E-state index contributed by atoms with van der Waals surface area (Å²) < 4.78 is 0. The number of nitro benzene ring substituents is 1. The highest BCUT2D eigenvalue weighted by Crippen LogP contribution is 2.21. The van der Waals surface area contributed by atoms with Crippen molar-refractivity contribution < 1.29 is 9.72 Å². The number of alkyl halides is 1. The Hall–Kier alpha value is -1.43. The lowest BCUT2D eigenvalue weighted by Crippen LogP contribution is -2.47. The summed E-state index contributed by atoms with van der Waals surface area (Å²) in [6, 6.07) is 4.53. The Labute approximate surface area is 120 Å². The first-order valence-corrected chi connectivity index (χ1v) is 7.08. The van der Waals surface area contributed by atoms with Crippen LogP contribution >= 0.6 is 15.9 Å². The summed E-state index contributed by atoms with van der Waals surface area (Å²) in [6.45, 7) is 5.64. The quantitative estimate of drug-likeness (QED) is 0.512. The molecular weight excluding hydrogens is 312 g/mol. The molecule has 0 radical (unpaired) electrons. The molecule has 0 aliphatic heterocycles. The molecule has 6 heteroatoms. The van der Waals surface area contributed by atoms with Gasteiger partial charge < -0.3 is 5.32 Å². The Balaban J connectivity index is 3.12. The molecule has 1 rings (SSSR count). The number of benzene rings is 1. The van der Waals surface area contributed by atoms with Gasteiger partial charge >= 0.3 is 0 Å². The predicted molar refractivity (Wildman–Crippen MR) is 77.8 cm³/mol. The van der Waals surface area contributed by atoms with Crippen LogP contribution in [-0.4, -0.2) is 21.7 Å². The van der Waals surface area contributed by atoms with E-state index in [1.54, 1.807) is 13.0 Å². The maximum absolute atomic E-state index is 12.2. The molecule has 0 fully saturated rings. The summed E-state index contributed by atoms with van der Waals surface area (Å²) in [4.78, 5) is 22.6. The van der Waals surface area contributed by atoms with Crippen LogP contribution in [0.25, 0.3) is 0 Å². The molecule has 1 amide bonds. The maximum atomic E-state index is 12.2. The normalized spacial score (nSPS) is 13.7. The molecule has 1 atom stereocenters. The van der Waals surface area contributed by atoms with Crippen LogP contribution in [0.1, 0.15) is 36.2 Å². The largest absolute Gasteiger partial charge is 0.346 e. The fourth-order valence-corrected chi connectivity index (χ4v) is 2.09. The number of hydrogen-bond donors (Lipinski definition) is 1. The number of nitrogens with zero attached hydrogens (tertiary/aromatic N) is 1. The van der Waals surface area contributed by atoms with Gasteiger partial charge in [0, 0.05) is 16.9 Å².